The third-order valence-electron chi connectivity index (χ3n) is 3.78. The number of rotatable bonds is 6. The summed E-state index contributed by atoms with van der Waals surface area (Å²) < 4.78 is 0.682. The van der Waals surface area contributed by atoms with Crippen LogP contribution in [0.1, 0.15) is 10.8 Å². The zero-order valence-electron chi connectivity index (χ0n) is 14.3. The first-order valence-electron chi connectivity index (χ1n) is 8.10. The van der Waals surface area contributed by atoms with Gasteiger partial charge >= 0.3 is 0 Å². The Morgan fingerprint density at radius 3 is 2.50 bits per heavy atom. The van der Waals surface area contributed by atoms with E-state index in [1.807, 2.05) is 6.07 Å². The van der Waals surface area contributed by atoms with Crippen LogP contribution in [-0.4, -0.2) is 10.8 Å². The molecular weight excluding hydrogens is 402 g/mol. The maximum Gasteiger partial charge on any atom is 0.289 e. The molecule has 0 aliphatic carbocycles. The minimum Gasteiger partial charge on any atom is -0.618 e. The number of carbonyl (C=O) groups excluding carboxylic acids is 1. The van der Waals surface area contributed by atoms with Gasteiger partial charge in [0.15, 0.2) is 6.20 Å². The highest BCUT2D eigenvalue weighted by atomic mass is 35.5. The van der Waals surface area contributed by atoms with Crippen molar-refractivity contribution in [2.75, 3.05) is 5.32 Å². The summed E-state index contributed by atoms with van der Waals surface area (Å²) in [4.78, 5) is 23.4. The van der Waals surface area contributed by atoms with Crippen LogP contribution in [0.4, 0.5) is 11.4 Å². The molecule has 28 heavy (non-hydrogen) atoms. The first kappa shape index (κ1) is 19.7. The van der Waals surface area contributed by atoms with Crippen LogP contribution in [0.15, 0.2) is 78.0 Å². The molecule has 0 radical (unpaired) electrons. The summed E-state index contributed by atoms with van der Waals surface area (Å²) in [6, 6.07) is 17.9. The minimum atomic E-state index is -0.737. The van der Waals surface area contributed by atoms with E-state index in [1.165, 1.54) is 24.4 Å². The highest BCUT2D eigenvalue weighted by Gasteiger charge is 2.26. The molecular formula is C19H14ClN3O4S. The zero-order chi connectivity index (χ0) is 20.1. The Balaban J connectivity index is 1.90. The number of halogens is 1. The average Bonchev–Trinajstić information content (AvgIpc) is 2.69. The second-order valence-electron chi connectivity index (χ2n) is 5.69. The Bertz CT molecular complexity index is 1020. The van der Waals surface area contributed by atoms with E-state index >= 15 is 0 Å². The summed E-state index contributed by atoms with van der Waals surface area (Å²) in [5.74, 6) is -0.420. The van der Waals surface area contributed by atoms with Crippen LogP contribution in [0.2, 0.25) is 5.02 Å². The number of pyridine rings is 1. The Morgan fingerprint density at radius 1 is 1.11 bits per heavy atom. The van der Waals surface area contributed by atoms with E-state index in [2.05, 4.69) is 5.32 Å². The number of hydrogen-bond acceptors (Lipinski definition) is 5. The number of hydrogen-bond donors (Lipinski definition) is 1. The summed E-state index contributed by atoms with van der Waals surface area (Å²) in [5.41, 5.74) is 0.631. The lowest BCUT2D eigenvalue weighted by atomic mass is 10.1. The number of amides is 1. The van der Waals surface area contributed by atoms with Gasteiger partial charge in [-0.05, 0) is 35.5 Å². The van der Waals surface area contributed by atoms with Gasteiger partial charge in [0.25, 0.3) is 10.7 Å². The van der Waals surface area contributed by atoms with Crippen molar-refractivity contribution < 1.29 is 14.4 Å². The van der Waals surface area contributed by atoms with Gasteiger partial charge in [0, 0.05) is 23.9 Å². The van der Waals surface area contributed by atoms with Crippen LogP contribution < -0.4 is 10.0 Å². The van der Waals surface area contributed by atoms with Crippen LogP contribution in [0.5, 0.6) is 0 Å². The highest BCUT2D eigenvalue weighted by Crippen LogP contribution is 2.35. The molecule has 0 spiro atoms. The number of thioether (sulfide) groups is 1. The van der Waals surface area contributed by atoms with E-state index in [-0.39, 0.29) is 16.4 Å². The lowest BCUT2D eigenvalue weighted by Crippen LogP contribution is -2.29. The van der Waals surface area contributed by atoms with Gasteiger partial charge in [-0.2, -0.15) is 4.73 Å². The van der Waals surface area contributed by atoms with Crippen LogP contribution in [-0.2, 0) is 4.79 Å². The van der Waals surface area contributed by atoms with E-state index < -0.39 is 16.1 Å². The maximum absolute atomic E-state index is 12.9. The Kier molecular flexibility index (Phi) is 6.13. The zero-order valence-corrected chi connectivity index (χ0v) is 15.9. The van der Waals surface area contributed by atoms with Crippen LogP contribution in [0.25, 0.3) is 0 Å². The number of nitrogens with zero attached hydrogens (tertiary/aromatic N) is 2. The average molecular weight is 416 g/mol. The quantitative estimate of drug-likeness (QED) is 0.212. The van der Waals surface area contributed by atoms with Crippen LogP contribution in [0.3, 0.4) is 0 Å². The van der Waals surface area contributed by atoms with Crippen molar-refractivity contribution in [3.8, 4) is 0 Å². The molecule has 142 valence electrons. The van der Waals surface area contributed by atoms with Gasteiger partial charge in [-0.1, -0.05) is 41.9 Å². The second-order valence-corrected chi connectivity index (χ2v) is 7.22. The highest BCUT2D eigenvalue weighted by molar-refractivity contribution is 8.00. The Hall–Kier alpha value is -3.10. The molecule has 7 nitrogen and oxygen atoms in total. The molecule has 0 fully saturated rings. The monoisotopic (exact) mass is 415 g/mol. The van der Waals surface area contributed by atoms with Crippen LogP contribution in [0, 0.1) is 15.3 Å². The van der Waals surface area contributed by atoms with Gasteiger partial charge in [0.2, 0.25) is 5.91 Å². The molecule has 1 aromatic heterocycles. The fourth-order valence-corrected chi connectivity index (χ4v) is 3.67. The van der Waals surface area contributed by atoms with Crippen LogP contribution >= 0.6 is 23.4 Å². The van der Waals surface area contributed by atoms with Crippen molar-refractivity contribution in [1.29, 1.82) is 0 Å². The standard InChI is InChI=1S/C19H14ClN3O4S/c20-15-10-9-14(12-16(15)23(26)27)21-19(24)18(13-6-2-1-3-7-13)28-17-8-4-5-11-22(17)25/h1-12,18H,(H,21,24). The lowest BCUT2D eigenvalue weighted by Gasteiger charge is -2.16. The van der Waals surface area contributed by atoms with Crippen molar-refractivity contribution in [2.45, 2.75) is 10.3 Å². The Morgan fingerprint density at radius 2 is 1.82 bits per heavy atom. The predicted molar refractivity (Wildman–Crippen MR) is 107 cm³/mol. The van der Waals surface area contributed by atoms with Crippen molar-refractivity contribution in [2.24, 2.45) is 0 Å². The molecule has 9 heteroatoms. The van der Waals surface area contributed by atoms with E-state index in [0.717, 1.165) is 11.8 Å². The fraction of sp³-hybridized carbons (Fsp3) is 0.0526. The molecule has 0 aliphatic rings. The predicted octanol–water partition coefficient (Wildman–Crippen LogP) is 4.35. The molecule has 3 aromatic rings. The first-order chi connectivity index (χ1) is 13.5. The first-order valence-corrected chi connectivity index (χ1v) is 9.36. The largest absolute Gasteiger partial charge is 0.618 e. The molecule has 1 heterocycles. The summed E-state index contributed by atoms with van der Waals surface area (Å²) >= 11 is 6.90. The molecule has 2 aromatic carbocycles. The van der Waals surface area contributed by atoms with Gasteiger partial charge in [-0.15, -0.1) is 0 Å². The number of nitro benzene ring substituents is 1. The van der Waals surface area contributed by atoms with Gasteiger partial charge < -0.3 is 10.5 Å². The number of carbonyl (C=O) groups is 1. The van der Waals surface area contributed by atoms with E-state index in [0.29, 0.717) is 15.3 Å². The molecule has 1 amide bonds. The van der Waals surface area contributed by atoms with Crippen molar-refractivity contribution in [3.63, 3.8) is 0 Å². The van der Waals surface area contributed by atoms with Crippen molar-refractivity contribution in [1.82, 2.24) is 0 Å². The third kappa shape index (κ3) is 4.59. The molecule has 1 atom stereocenters. The number of nitro groups is 1. The number of anilines is 1. The third-order valence-corrected chi connectivity index (χ3v) is 5.38. The normalized spacial score (nSPS) is 11.6. The topological polar surface area (TPSA) is 99.2 Å². The molecule has 0 saturated heterocycles. The maximum atomic E-state index is 12.9. The van der Waals surface area contributed by atoms with Crippen molar-refractivity contribution in [3.05, 3.63) is 98.8 Å². The van der Waals surface area contributed by atoms with Crippen molar-refractivity contribution >= 4 is 40.6 Å². The minimum absolute atomic E-state index is 0.0198. The van der Waals surface area contributed by atoms with E-state index in [1.54, 1.807) is 42.5 Å². The summed E-state index contributed by atoms with van der Waals surface area (Å²) in [6.07, 6.45) is 1.35. The van der Waals surface area contributed by atoms with Gasteiger partial charge in [0.05, 0.1) is 4.92 Å². The molecule has 1 N–H and O–H groups in total. The smallest absolute Gasteiger partial charge is 0.289 e. The molecule has 1 unspecified atom stereocenters. The molecule has 0 bridgehead atoms. The number of nitrogens with one attached hydrogen (secondary N) is 1. The summed E-state index contributed by atoms with van der Waals surface area (Å²) in [6.45, 7) is 0. The summed E-state index contributed by atoms with van der Waals surface area (Å²) in [5, 5.41) is 25.3. The fourth-order valence-electron chi connectivity index (χ4n) is 2.46. The number of aromatic nitrogens is 1. The lowest BCUT2D eigenvalue weighted by molar-refractivity contribution is -0.645. The summed E-state index contributed by atoms with van der Waals surface area (Å²) in [7, 11) is 0. The molecule has 0 aliphatic heterocycles. The van der Waals surface area contributed by atoms with E-state index in [9.17, 15) is 20.1 Å². The Labute approximate surface area is 169 Å². The molecule has 0 saturated carbocycles. The second kappa shape index (κ2) is 8.73. The van der Waals surface area contributed by atoms with E-state index in [4.69, 9.17) is 11.6 Å². The van der Waals surface area contributed by atoms with Gasteiger partial charge in [-0.3, -0.25) is 14.9 Å². The molecule has 3 rings (SSSR count). The van der Waals surface area contributed by atoms with Gasteiger partial charge in [0.1, 0.15) is 10.3 Å². The number of benzene rings is 2. The van der Waals surface area contributed by atoms with Gasteiger partial charge in [-0.25, -0.2) is 0 Å². The SMILES string of the molecule is O=C(Nc1ccc(Cl)c([N+](=O)[O-])c1)C(Sc1cccc[n+]1[O-])c1ccccc1.